The predicted octanol–water partition coefficient (Wildman–Crippen LogP) is 2.96. The number of carbonyl (C=O) groups excluding carboxylic acids is 1. The van der Waals surface area contributed by atoms with Crippen LogP contribution in [0.4, 0.5) is 0 Å². The Morgan fingerprint density at radius 3 is 2.43 bits per heavy atom. The Kier molecular flexibility index (Phi) is 3.66. The van der Waals surface area contributed by atoms with Crippen molar-refractivity contribution in [2.75, 3.05) is 19.6 Å². The van der Waals surface area contributed by atoms with Crippen LogP contribution in [0.3, 0.4) is 0 Å². The second-order valence-electron chi connectivity index (χ2n) is 6.51. The van der Waals surface area contributed by atoms with Crippen LogP contribution in [-0.4, -0.2) is 30.4 Å². The van der Waals surface area contributed by atoms with Crippen molar-refractivity contribution in [2.45, 2.75) is 24.8 Å². The first-order valence-corrected chi connectivity index (χ1v) is 8.47. The van der Waals surface area contributed by atoms with E-state index in [1.807, 2.05) is 30.3 Å². The Labute approximate surface area is 137 Å². The molecule has 1 spiro atoms. The van der Waals surface area contributed by atoms with Crippen molar-refractivity contribution in [1.82, 2.24) is 10.2 Å². The summed E-state index contributed by atoms with van der Waals surface area (Å²) in [5.41, 5.74) is 3.42. The molecule has 0 unspecified atom stereocenters. The van der Waals surface area contributed by atoms with Crippen molar-refractivity contribution in [3.63, 3.8) is 0 Å². The molecular formula is C20H22N2O. The maximum Gasteiger partial charge on any atom is 0.254 e. The lowest BCUT2D eigenvalue weighted by atomic mass is 9.74. The van der Waals surface area contributed by atoms with Crippen molar-refractivity contribution in [2.24, 2.45) is 0 Å². The van der Waals surface area contributed by atoms with Crippen LogP contribution in [-0.2, 0) is 12.0 Å². The smallest absolute Gasteiger partial charge is 0.254 e. The van der Waals surface area contributed by atoms with Crippen LogP contribution in [0.25, 0.3) is 0 Å². The van der Waals surface area contributed by atoms with Gasteiger partial charge in [-0.1, -0.05) is 42.5 Å². The Balaban J connectivity index is 1.79. The van der Waals surface area contributed by atoms with Gasteiger partial charge in [0.1, 0.15) is 0 Å². The second kappa shape index (κ2) is 5.82. The first kappa shape index (κ1) is 14.5. The summed E-state index contributed by atoms with van der Waals surface area (Å²) in [4.78, 5) is 15.3. The van der Waals surface area contributed by atoms with Gasteiger partial charge >= 0.3 is 0 Å². The number of benzene rings is 2. The van der Waals surface area contributed by atoms with Crippen molar-refractivity contribution in [3.8, 4) is 0 Å². The van der Waals surface area contributed by atoms with Gasteiger partial charge in [-0.25, -0.2) is 0 Å². The number of fused-ring (bicyclic) bond motifs is 2. The summed E-state index contributed by atoms with van der Waals surface area (Å²) in [6.45, 7) is 2.74. The first-order valence-electron chi connectivity index (χ1n) is 8.47. The topological polar surface area (TPSA) is 32.3 Å². The molecule has 2 aromatic rings. The Morgan fingerprint density at radius 2 is 1.65 bits per heavy atom. The maximum atomic E-state index is 13.2. The van der Waals surface area contributed by atoms with E-state index in [1.54, 1.807) is 0 Å². The number of nitrogens with one attached hydrogen (secondary N) is 1. The number of amides is 1. The van der Waals surface area contributed by atoms with Gasteiger partial charge < -0.3 is 10.2 Å². The molecule has 1 N–H and O–H groups in total. The first-order chi connectivity index (χ1) is 11.3. The molecule has 23 heavy (non-hydrogen) atoms. The molecule has 2 aliphatic heterocycles. The molecule has 3 nitrogen and oxygen atoms in total. The van der Waals surface area contributed by atoms with Crippen molar-refractivity contribution >= 4 is 5.91 Å². The van der Waals surface area contributed by atoms with E-state index >= 15 is 0 Å². The minimum absolute atomic E-state index is 0.146. The summed E-state index contributed by atoms with van der Waals surface area (Å²) < 4.78 is 0. The minimum Gasteiger partial charge on any atom is -0.328 e. The molecule has 3 heteroatoms. The molecular weight excluding hydrogens is 284 g/mol. The summed E-state index contributed by atoms with van der Waals surface area (Å²) in [6.07, 6.45) is 2.93. The van der Waals surface area contributed by atoms with Gasteiger partial charge in [0.25, 0.3) is 5.91 Å². The largest absolute Gasteiger partial charge is 0.328 e. The molecule has 0 saturated carbocycles. The number of nitrogens with zero attached hydrogens (tertiary/aromatic N) is 1. The van der Waals surface area contributed by atoms with E-state index in [2.05, 4.69) is 34.5 Å². The van der Waals surface area contributed by atoms with Crippen LogP contribution < -0.4 is 5.32 Å². The number of hydrogen-bond donors (Lipinski definition) is 1. The van der Waals surface area contributed by atoms with Gasteiger partial charge in [-0.05, 0) is 55.6 Å². The number of carbonyl (C=O) groups is 1. The average Bonchev–Trinajstić information content (AvgIpc) is 2.63. The van der Waals surface area contributed by atoms with Gasteiger partial charge in [0.05, 0.1) is 5.54 Å². The Morgan fingerprint density at radius 1 is 0.957 bits per heavy atom. The molecule has 0 radical (unpaired) electrons. The molecule has 2 aliphatic rings. The quantitative estimate of drug-likeness (QED) is 0.878. The van der Waals surface area contributed by atoms with E-state index in [4.69, 9.17) is 0 Å². The monoisotopic (exact) mass is 306 g/mol. The third-order valence-corrected chi connectivity index (χ3v) is 5.34. The molecule has 2 aromatic carbocycles. The molecule has 0 bridgehead atoms. The van der Waals surface area contributed by atoms with Crippen LogP contribution >= 0.6 is 0 Å². The van der Waals surface area contributed by atoms with Crippen molar-refractivity contribution in [1.29, 1.82) is 0 Å². The highest BCUT2D eigenvalue weighted by Crippen LogP contribution is 2.42. The molecule has 0 aromatic heterocycles. The molecule has 4 rings (SSSR count). The lowest BCUT2D eigenvalue weighted by Crippen LogP contribution is -2.57. The lowest BCUT2D eigenvalue weighted by molar-refractivity contribution is 0.0296. The minimum atomic E-state index is -0.146. The highest BCUT2D eigenvalue weighted by Gasteiger charge is 2.45. The van der Waals surface area contributed by atoms with E-state index in [1.165, 1.54) is 11.1 Å². The maximum absolute atomic E-state index is 13.2. The van der Waals surface area contributed by atoms with E-state index in [0.717, 1.165) is 44.5 Å². The summed E-state index contributed by atoms with van der Waals surface area (Å²) in [5.74, 6) is 0.169. The number of rotatable bonds is 1. The summed E-state index contributed by atoms with van der Waals surface area (Å²) in [7, 11) is 0. The molecule has 1 fully saturated rings. The summed E-state index contributed by atoms with van der Waals surface area (Å²) in [6, 6.07) is 18.4. The average molecular weight is 306 g/mol. The van der Waals surface area contributed by atoms with E-state index < -0.39 is 0 Å². The van der Waals surface area contributed by atoms with Crippen LogP contribution in [0, 0.1) is 0 Å². The van der Waals surface area contributed by atoms with E-state index in [-0.39, 0.29) is 11.4 Å². The van der Waals surface area contributed by atoms with Gasteiger partial charge in [0, 0.05) is 12.1 Å². The standard InChI is InChI=1S/C20H22N2O/c23-19(17-7-2-1-3-8-17)22-15-10-16-6-4-5-9-18(16)20(22)11-13-21-14-12-20/h1-9,21H,10-15H2. The highest BCUT2D eigenvalue weighted by atomic mass is 16.2. The fourth-order valence-corrected chi connectivity index (χ4v) is 4.20. The fraction of sp³-hybridized carbons (Fsp3) is 0.350. The van der Waals surface area contributed by atoms with Crippen LogP contribution in [0.5, 0.6) is 0 Å². The highest BCUT2D eigenvalue weighted by molar-refractivity contribution is 5.95. The van der Waals surface area contributed by atoms with Crippen LogP contribution in [0.15, 0.2) is 54.6 Å². The van der Waals surface area contributed by atoms with Crippen LogP contribution in [0.2, 0.25) is 0 Å². The SMILES string of the molecule is O=C(c1ccccc1)N1CCc2ccccc2C12CCNCC2. The van der Waals surface area contributed by atoms with Crippen molar-refractivity contribution in [3.05, 3.63) is 71.3 Å². The molecule has 2 heterocycles. The normalized spacial score (nSPS) is 19.4. The van der Waals surface area contributed by atoms with Gasteiger partial charge in [-0.3, -0.25) is 4.79 Å². The van der Waals surface area contributed by atoms with Gasteiger partial charge in [-0.15, -0.1) is 0 Å². The van der Waals surface area contributed by atoms with Gasteiger partial charge in [0.2, 0.25) is 0 Å². The van der Waals surface area contributed by atoms with Crippen LogP contribution in [0.1, 0.15) is 34.3 Å². The van der Waals surface area contributed by atoms with Crippen molar-refractivity contribution < 1.29 is 4.79 Å². The third kappa shape index (κ3) is 2.36. The molecule has 1 saturated heterocycles. The van der Waals surface area contributed by atoms with E-state index in [0.29, 0.717) is 0 Å². The predicted molar refractivity (Wildman–Crippen MR) is 91.4 cm³/mol. The number of piperidine rings is 1. The zero-order chi connectivity index (χ0) is 15.7. The van der Waals surface area contributed by atoms with E-state index in [9.17, 15) is 4.79 Å². The Hall–Kier alpha value is -2.13. The molecule has 0 aliphatic carbocycles. The second-order valence-corrected chi connectivity index (χ2v) is 6.51. The Bertz CT molecular complexity index is 705. The van der Waals surface area contributed by atoms with Gasteiger partial charge in [0.15, 0.2) is 0 Å². The lowest BCUT2D eigenvalue weighted by Gasteiger charge is -2.50. The zero-order valence-corrected chi connectivity index (χ0v) is 13.3. The summed E-state index contributed by atoms with van der Waals surface area (Å²) >= 11 is 0. The third-order valence-electron chi connectivity index (χ3n) is 5.34. The fourth-order valence-electron chi connectivity index (χ4n) is 4.20. The number of hydrogen-bond acceptors (Lipinski definition) is 2. The molecule has 1 amide bonds. The summed E-state index contributed by atoms with van der Waals surface area (Å²) in [5, 5.41) is 3.45. The van der Waals surface area contributed by atoms with Gasteiger partial charge in [-0.2, -0.15) is 0 Å². The zero-order valence-electron chi connectivity index (χ0n) is 13.3. The molecule has 118 valence electrons. The molecule has 0 atom stereocenters.